The number of hydrogen-bond donors (Lipinski definition) is 0. The number of rotatable bonds is 6. The maximum atomic E-state index is 2.48. The van der Waals surface area contributed by atoms with Crippen LogP contribution in [0.15, 0.2) is 249 Å². The molecule has 12 aromatic rings. The summed E-state index contributed by atoms with van der Waals surface area (Å²) in [5, 5.41) is 1.23. The van der Waals surface area contributed by atoms with Gasteiger partial charge in [-0.25, -0.2) is 0 Å². The number of anilines is 3. The van der Waals surface area contributed by atoms with Crippen LogP contribution in [-0.2, 0) is 5.41 Å². The predicted octanol–water partition coefficient (Wildman–Crippen LogP) is 16.2. The Kier molecular flexibility index (Phi) is 7.90. The van der Waals surface area contributed by atoms with Gasteiger partial charge in [-0.1, -0.05) is 182 Å². The smallest absolute Gasteiger partial charge is 0.131 e. The third-order valence-corrected chi connectivity index (χ3v) is 14.3. The van der Waals surface area contributed by atoms with Crippen LogP contribution in [0.3, 0.4) is 0 Å². The van der Waals surface area contributed by atoms with Crippen LogP contribution in [0.5, 0.6) is 0 Å². The summed E-state index contributed by atoms with van der Waals surface area (Å²) >= 11 is 0. The maximum absolute atomic E-state index is 2.48. The van der Waals surface area contributed by atoms with E-state index in [0.29, 0.717) is 0 Å². The maximum Gasteiger partial charge on any atom is 0.131 e. The van der Waals surface area contributed by atoms with E-state index < -0.39 is 5.41 Å². The highest BCUT2D eigenvalue weighted by molar-refractivity contribution is 6.09. The van der Waals surface area contributed by atoms with Gasteiger partial charge in [0.25, 0.3) is 0 Å². The molecule has 2 aliphatic rings. The first kappa shape index (κ1) is 36.8. The summed E-state index contributed by atoms with van der Waals surface area (Å²) in [4.78, 5) is 2.44. The van der Waals surface area contributed by atoms with Crippen LogP contribution >= 0.6 is 0 Å². The second-order valence-corrected chi connectivity index (χ2v) is 17.6. The van der Waals surface area contributed by atoms with Crippen LogP contribution in [0, 0.1) is 0 Å². The molecule has 0 fully saturated rings. The van der Waals surface area contributed by atoms with Crippen LogP contribution in [0.4, 0.5) is 17.1 Å². The third kappa shape index (κ3) is 5.08. The van der Waals surface area contributed by atoms with E-state index in [1.807, 2.05) is 0 Å². The van der Waals surface area contributed by atoms with E-state index in [2.05, 4.69) is 263 Å². The normalized spacial score (nSPS) is 13.0. The molecule has 2 heterocycles. The summed E-state index contributed by atoms with van der Waals surface area (Å²) in [6, 6.07) is 91.7. The highest BCUT2D eigenvalue weighted by atomic mass is 15.1. The zero-order chi connectivity index (χ0) is 43.3. The molecule has 3 heteroatoms. The zero-order valence-electron chi connectivity index (χ0n) is 36.0. The molecule has 0 aliphatic heterocycles. The van der Waals surface area contributed by atoms with Gasteiger partial charge in [0.15, 0.2) is 0 Å². The van der Waals surface area contributed by atoms with E-state index in [4.69, 9.17) is 0 Å². The van der Waals surface area contributed by atoms with E-state index in [1.54, 1.807) is 0 Å². The molecule has 0 atom stereocenters. The number of benzene rings is 10. The molecule has 0 N–H and O–H groups in total. The highest BCUT2D eigenvalue weighted by Gasteiger charge is 2.51. The Balaban J connectivity index is 0.982. The molecular weight excluding hydrogens is 799 g/mol. The lowest BCUT2D eigenvalue weighted by atomic mass is 9.70. The number of para-hydroxylation sites is 4. The summed E-state index contributed by atoms with van der Waals surface area (Å²) in [6.45, 7) is 0. The molecule has 0 radical (unpaired) electrons. The monoisotopic (exact) mass is 839 g/mol. The predicted molar refractivity (Wildman–Crippen MR) is 274 cm³/mol. The lowest BCUT2D eigenvalue weighted by molar-refractivity contribution is 0.793. The van der Waals surface area contributed by atoms with Gasteiger partial charge in [-0.05, 0) is 128 Å². The van der Waals surface area contributed by atoms with Gasteiger partial charge in [0, 0.05) is 33.7 Å². The van der Waals surface area contributed by atoms with Crippen molar-refractivity contribution >= 4 is 44.6 Å². The van der Waals surface area contributed by atoms with Gasteiger partial charge in [0.1, 0.15) is 5.65 Å². The molecule has 10 aromatic carbocycles. The first-order valence-electron chi connectivity index (χ1n) is 22.9. The Morgan fingerprint density at radius 3 is 1.39 bits per heavy atom. The first-order chi connectivity index (χ1) is 32.8. The molecule has 0 saturated heterocycles. The average molecular weight is 840 g/mol. The number of imidazole rings is 1. The van der Waals surface area contributed by atoms with Crippen molar-refractivity contribution in [2.45, 2.75) is 5.41 Å². The Bertz CT molecular complexity index is 3790. The Morgan fingerprint density at radius 1 is 0.318 bits per heavy atom. The van der Waals surface area contributed by atoms with Crippen LogP contribution in [0.2, 0.25) is 0 Å². The molecule has 14 rings (SSSR count). The van der Waals surface area contributed by atoms with Gasteiger partial charge >= 0.3 is 0 Å². The van der Waals surface area contributed by atoms with Crippen LogP contribution < -0.4 is 4.90 Å². The fourth-order valence-electron chi connectivity index (χ4n) is 11.6. The summed E-state index contributed by atoms with van der Waals surface area (Å²) in [6.07, 6.45) is 0. The van der Waals surface area contributed by atoms with Gasteiger partial charge < -0.3 is 4.90 Å². The molecule has 2 aliphatic carbocycles. The fourth-order valence-corrected chi connectivity index (χ4v) is 11.6. The molecule has 0 bridgehead atoms. The van der Waals surface area contributed by atoms with Crippen molar-refractivity contribution < 1.29 is 0 Å². The van der Waals surface area contributed by atoms with Crippen molar-refractivity contribution in [2.75, 3.05) is 4.90 Å². The van der Waals surface area contributed by atoms with Crippen molar-refractivity contribution in [3.63, 3.8) is 0 Å². The Hall–Kier alpha value is -8.66. The Morgan fingerprint density at radius 2 is 0.773 bits per heavy atom. The molecule has 0 amide bonds. The molecule has 3 nitrogen and oxygen atoms in total. The quantitative estimate of drug-likeness (QED) is 0.163. The summed E-state index contributed by atoms with van der Waals surface area (Å²) < 4.78 is 4.87. The molecule has 2 aromatic heterocycles. The first-order valence-corrected chi connectivity index (χ1v) is 22.9. The molecule has 0 unspecified atom stereocenters. The van der Waals surface area contributed by atoms with E-state index >= 15 is 0 Å². The second kappa shape index (κ2) is 14.2. The fraction of sp³-hybridized carbons (Fsp3) is 0.0159. The zero-order valence-corrected chi connectivity index (χ0v) is 36.0. The van der Waals surface area contributed by atoms with Crippen LogP contribution in [-0.4, -0.2) is 8.97 Å². The van der Waals surface area contributed by atoms with E-state index in [-0.39, 0.29) is 0 Å². The van der Waals surface area contributed by atoms with Crippen molar-refractivity contribution in [3.05, 3.63) is 271 Å². The van der Waals surface area contributed by atoms with Crippen molar-refractivity contribution in [1.82, 2.24) is 8.97 Å². The standard InChI is InChI=1S/C63H41N3/c1-3-17-42(18-4-1)43-31-35-46(36-32-43)64(48-39-40-52-51-23-9-13-27-56(51)63(57(52)41-48)54-25-11-7-21-49(54)50-22-8-12-26-55(50)63)47-37-33-44(34-38-47)61-53-24-10-14-28-58(53)66-60-30-16-15-29-59(60)65(62(61)66)45-19-5-2-6-20-45/h1-41H. The number of nitrogens with zero attached hydrogens (tertiary/aromatic N) is 3. The van der Waals surface area contributed by atoms with Gasteiger partial charge in [0.2, 0.25) is 0 Å². The third-order valence-electron chi connectivity index (χ3n) is 14.3. The largest absolute Gasteiger partial charge is 0.310 e. The minimum Gasteiger partial charge on any atom is -0.310 e. The number of hydrogen-bond acceptors (Lipinski definition) is 1. The van der Waals surface area contributed by atoms with E-state index in [9.17, 15) is 0 Å². The van der Waals surface area contributed by atoms with Crippen LogP contribution in [0.25, 0.3) is 77.8 Å². The summed E-state index contributed by atoms with van der Waals surface area (Å²) in [5.41, 5.74) is 24.0. The summed E-state index contributed by atoms with van der Waals surface area (Å²) in [7, 11) is 0. The Labute approximate surface area is 383 Å². The van der Waals surface area contributed by atoms with Crippen molar-refractivity contribution in [2.24, 2.45) is 0 Å². The minimum absolute atomic E-state index is 0.444. The number of fused-ring (bicyclic) bond motifs is 15. The van der Waals surface area contributed by atoms with Gasteiger partial charge in [-0.3, -0.25) is 8.97 Å². The lowest BCUT2D eigenvalue weighted by Gasteiger charge is -2.32. The average Bonchev–Trinajstić information content (AvgIpc) is 4.09. The minimum atomic E-state index is -0.444. The second-order valence-electron chi connectivity index (χ2n) is 17.6. The summed E-state index contributed by atoms with van der Waals surface area (Å²) in [5.74, 6) is 0. The van der Waals surface area contributed by atoms with Crippen molar-refractivity contribution in [1.29, 1.82) is 0 Å². The van der Waals surface area contributed by atoms with Gasteiger partial charge in [-0.15, -0.1) is 0 Å². The number of aromatic nitrogens is 2. The van der Waals surface area contributed by atoms with E-state index in [1.165, 1.54) is 88.7 Å². The topological polar surface area (TPSA) is 12.6 Å². The molecular formula is C63H41N3. The highest BCUT2D eigenvalue weighted by Crippen LogP contribution is 2.63. The van der Waals surface area contributed by atoms with Crippen LogP contribution in [0.1, 0.15) is 22.3 Å². The molecule has 1 spiro atoms. The van der Waals surface area contributed by atoms with Gasteiger partial charge in [-0.2, -0.15) is 0 Å². The van der Waals surface area contributed by atoms with Gasteiger partial charge in [0.05, 0.1) is 22.0 Å². The van der Waals surface area contributed by atoms with Crippen molar-refractivity contribution in [3.8, 4) is 50.2 Å². The lowest BCUT2D eigenvalue weighted by Crippen LogP contribution is -2.26. The SMILES string of the molecule is c1ccc(-c2ccc(N(c3ccc(-c4c5ccccc5n5c6ccccc6n(-c6ccccc6)c45)cc3)c3ccc4c(c3)C3(c5ccccc5-c5ccccc53)c3ccccc3-4)cc2)cc1. The molecule has 66 heavy (non-hydrogen) atoms. The van der Waals surface area contributed by atoms with E-state index in [0.717, 1.165) is 28.4 Å². The molecule has 308 valence electrons. The molecule has 0 saturated carbocycles.